The molecule has 4 rings (SSSR count). The second-order valence-corrected chi connectivity index (χ2v) is 12.0. The molecule has 1 atom stereocenters. The van der Waals surface area contributed by atoms with E-state index in [-0.39, 0.29) is 30.0 Å². The average molecular weight is 574 g/mol. The van der Waals surface area contributed by atoms with Crippen LogP contribution < -0.4 is 5.32 Å². The van der Waals surface area contributed by atoms with Gasteiger partial charge in [-0.2, -0.15) is 0 Å². The van der Waals surface area contributed by atoms with Crippen molar-refractivity contribution in [2.24, 2.45) is 5.41 Å². The van der Waals surface area contributed by atoms with E-state index >= 15 is 0 Å². The Balaban J connectivity index is 1.38. The molecule has 0 bridgehead atoms. The van der Waals surface area contributed by atoms with Crippen LogP contribution in [0.4, 0.5) is 14.9 Å². The first-order valence-electron chi connectivity index (χ1n) is 14.5. The largest absolute Gasteiger partial charge is 0.512 e. The number of aliphatic hydroxyl groups is 1. The Morgan fingerprint density at radius 2 is 1.69 bits per heavy atom. The highest BCUT2D eigenvalue weighted by molar-refractivity contribution is 5.90. The summed E-state index contributed by atoms with van der Waals surface area (Å²) < 4.78 is 24.7. The minimum atomic E-state index is -0.785. The molecule has 0 saturated carbocycles. The highest BCUT2D eigenvalue weighted by atomic mass is 19.1. The van der Waals surface area contributed by atoms with Crippen LogP contribution in [0.2, 0.25) is 0 Å². The van der Waals surface area contributed by atoms with Gasteiger partial charge < -0.3 is 14.6 Å². The number of benzene rings is 3. The summed E-state index contributed by atoms with van der Waals surface area (Å²) in [6.45, 7) is 6.28. The predicted octanol–water partition coefficient (Wildman–Crippen LogP) is 8.46. The van der Waals surface area contributed by atoms with Crippen LogP contribution in [0.3, 0.4) is 0 Å². The van der Waals surface area contributed by atoms with Crippen molar-refractivity contribution in [1.29, 1.82) is 0 Å². The normalized spacial score (nSPS) is 17.1. The minimum absolute atomic E-state index is 0.0865. The van der Waals surface area contributed by atoms with Gasteiger partial charge in [0, 0.05) is 12.1 Å². The van der Waals surface area contributed by atoms with E-state index in [1.807, 2.05) is 69.3 Å². The molecule has 7 heteroatoms. The number of rotatable bonds is 12. The van der Waals surface area contributed by atoms with Crippen molar-refractivity contribution in [2.75, 3.05) is 5.32 Å². The van der Waals surface area contributed by atoms with Gasteiger partial charge in [-0.3, -0.25) is 5.32 Å². The summed E-state index contributed by atoms with van der Waals surface area (Å²) >= 11 is 0. The highest BCUT2D eigenvalue weighted by Gasteiger charge is 2.42. The first-order valence-corrected chi connectivity index (χ1v) is 14.5. The Morgan fingerprint density at radius 3 is 2.38 bits per heavy atom. The lowest BCUT2D eigenvalue weighted by molar-refractivity contribution is -0.161. The van der Waals surface area contributed by atoms with Crippen molar-refractivity contribution < 1.29 is 28.6 Å². The molecule has 0 fully saturated rings. The van der Waals surface area contributed by atoms with Gasteiger partial charge >= 0.3 is 12.1 Å². The Hall–Kier alpha value is -4.13. The smallest absolute Gasteiger partial charge is 0.411 e. The van der Waals surface area contributed by atoms with E-state index in [2.05, 4.69) is 5.32 Å². The second-order valence-electron chi connectivity index (χ2n) is 12.0. The number of aliphatic hydroxyl groups excluding tert-OH is 1. The van der Waals surface area contributed by atoms with Crippen molar-refractivity contribution >= 4 is 17.7 Å². The maximum atomic E-state index is 13.3. The first kappa shape index (κ1) is 30.8. The Kier molecular flexibility index (Phi) is 10.0. The molecule has 1 amide bonds. The predicted molar refractivity (Wildman–Crippen MR) is 162 cm³/mol. The van der Waals surface area contributed by atoms with Gasteiger partial charge in [0.2, 0.25) is 0 Å². The van der Waals surface area contributed by atoms with Gasteiger partial charge in [0.1, 0.15) is 23.8 Å². The second kappa shape index (κ2) is 13.7. The zero-order chi connectivity index (χ0) is 30.2. The SMILES string of the molecule is CCCC1(CCc2ccc(F)cc2)CC(O)=C(CC(C)(C)Cc2cccc(NC(=O)OCc3ccccc3)c2)C(=O)O1. The van der Waals surface area contributed by atoms with Gasteiger partial charge in [-0.15, -0.1) is 0 Å². The number of esters is 1. The number of hydrogen-bond acceptors (Lipinski definition) is 5. The molecule has 3 aromatic carbocycles. The number of carbonyl (C=O) groups is 2. The molecule has 0 saturated heterocycles. The van der Waals surface area contributed by atoms with E-state index in [0.29, 0.717) is 43.4 Å². The number of carbonyl (C=O) groups excluding carboxylic acids is 2. The number of nitrogens with one attached hydrogen (secondary N) is 1. The maximum Gasteiger partial charge on any atom is 0.411 e. The van der Waals surface area contributed by atoms with Crippen LogP contribution in [0.15, 0.2) is 90.2 Å². The molecule has 42 heavy (non-hydrogen) atoms. The lowest BCUT2D eigenvalue weighted by Crippen LogP contribution is -2.41. The van der Waals surface area contributed by atoms with E-state index in [1.165, 1.54) is 12.1 Å². The molecule has 1 aliphatic heterocycles. The summed E-state index contributed by atoms with van der Waals surface area (Å²) in [7, 11) is 0. The topological polar surface area (TPSA) is 84.9 Å². The fourth-order valence-electron chi connectivity index (χ4n) is 5.61. The van der Waals surface area contributed by atoms with E-state index in [4.69, 9.17) is 9.47 Å². The third-order valence-electron chi connectivity index (χ3n) is 7.61. The third kappa shape index (κ3) is 8.68. The highest BCUT2D eigenvalue weighted by Crippen LogP contribution is 2.40. The van der Waals surface area contributed by atoms with Crippen molar-refractivity contribution in [2.45, 2.75) is 77.9 Å². The van der Waals surface area contributed by atoms with Crippen LogP contribution in [0.25, 0.3) is 0 Å². The number of cyclic esters (lactones) is 1. The van der Waals surface area contributed by atoms with Gasteiger partial charge in [-0.25, -0.2) is 14.0 Å². The fraction of sp³-hybridized carbons (Fsp3) is 0.371. The van der Waals surface area contributed by atoms with Crippen LogP contribution in [-0.4, -0.2) is 22.8 Å². The standard InChI is InChI=1S/C35H40FNO5/c1-4-18-35(19-17-25-13-15-28(36)16-14-25)23-31(38)30(32(39)42-35)22-34(2,3)21-27-11-8-12-29(20-27)37-33(40)41-24-26-9-6-5-7-10-26/h5-16,20,38H,4,17-19,21-24H2,1-3H3,(H,37,40). The molecule has 0 aliphatic carbocycles. The van der Waals surface area contributed by atoms with E-state index in [0.717, 1.165) is 23.1 Å². The van der Waals surface area contributed by atoms with Gasteiger partial charge in [0.25, 0.3) is 0 Å². The van der Waals surface area contributed by atoms with Crippen molar-refractivity contribution in [3.8, 4) is 0 Å². The Bertz CT molecular complexity index is 1400. The monoisotopic (exact) mass is 573 g/mol. The zero-order valence-corrected chi connectivity index (χ0v) is 24.6. The van der Waals surface area contributed by atoms with E-state index < -0.39 is 17.7 Å². The summed E-state index contributed by atoms with van der Waals surface area (Å²) in [4.78, 5) is 25.6. The van der Waals surface area contributed by atoms with Crippen LogP contribution in [0.5, 0.6) is 0 Å². The molecule has 2 N–H and O–H groups in total. The fourth-order valence-corrected chi connectivity index (χ4v) is 5.61. The van der Waals surface area contributed by atoms with Gasteiger partial charge in [-0.05, 0) is 78.5 Å². The number of aryl methyl sites for hydroxylation is 1. The molecule has 3 aromatic rings. The maximum absolute atomic E-state index is 13.3. The number of anilines is 1. The molecule has 0 radical (unpaired) electrons. The summed E-state index contributed by atoms with van der Waals surface area (Å²) in [5, 5.41) is 13.9. The lowest BCUT2D eigenvalue weighted by atomic mass is 9.77. The first-order chi connectivity index (χ1) is 20.1. The number of halogens is 1. The van der Waals surface area contributed by atoms with Crippen LogP contribution in [0.1, 0.15) is 69.6 Å². The zero-order valence-electron chi connectivity index (χ0n) is 24.6. The summed E-state index contributed by atoms with van der Waals surface area (Å²) in [5.74, 6) is -0.678. The van der Waals surface area contributed by atoms with Crippen molar-refractivity contribution in [3.63, 3.8) is 0 Å². The summed E-state index contributed by atoms with van der Waals surface area (Å²) in [6.07, 6.45) is 3.28. The molecule has 0 aromatic heterocycles. The lowest BCUT2D eigenvalue weighted by Gasteiger charge is -2.38. The quantitative estimate of drug-likeness (QED) is 0.212. The van der Waals surface area contributed by atoms with Crippen molar-refractivity contribution in [3.05, 3.63) is 113 Å². The molecule has 6 nitrogen and oxygen atoms in total. The number of hydrogen-bond donors (Lipinski definition) is 2. The average Bonchev–Trinajstić information content (AvgIpc) is 2.94. The molecule has 1 aliphatic rings. The van der Waals surface area contributed by atoms with Crippen LogP contribution in [-0.2, 0) is 33.7 Å². The molecular formula is C35H40FNO5. The molecule has 1 unspecified atom stereocenters. The molecule has 222 valence electrons. The van der Waals surface area contributed by atoms with E-state index in [1.54, 1.807) is 18.2 Å². The number of amides is 1. The minimum Gasteiger partial charge on any atom is -0.512 e. The van der Waals surface area contributed by atoms with Crippen LogP contribution >= 0.6 is 0 Å². The van der Waals surface area contributed by atoms with Crippen molar-refractivity contribution in [1.82, 2.24) is 0 Å². The molecule has 0 spiro atoms. The summed E-state index contributed by atoms with van der Waals surface area (Å²) in [6, 6.07) is 23.3. The summed E-state index contributed by atoms with van der Waals surface area (Å²) in [5.41, 5.74) is 2.60. The van der Waals surface area contributed by atoms with E-state index in [9.17, 15) is 19.1 Å². The van der Waals surface area contributed by atoms with Gasteiger partial charge in [0.05, 0.1) is 5.57 Å². The van der Waals surface area contributed by atoms with Crippen LogP contribution in [0, 0.1) is 11.2 Å². The van der Waals surface area contributed by atoms with Gasteiger partial charge in [-0.1, -0.05) is 81.8 Å². The molecular weight excluding hydrogens is 533 g/mol. The Labute approximate surface area is 247 Å². The number of ether oxygens (including phenoxy) is 2. The Morgan fingerprint density at radius 1 is 0.976 bits per heavy atom. The molecule has 1 heterocycles. The third-order valence-corrected chi connectivity index (χ3v) is 7.61. The van der Waals surface area contributed by atoms with Gasteiger partial charge in [0.15, 0.2) is 0 Å².